The summed E-state index contributed by atoms with van der Waals surface area (Å²) < 4.78 is 50.4. The lowest BCUT2D eigenvalue weighted by atomic mass is 10.1. The van der Waals surface area contributed by atoms with Gasteiger partial charge in [-0.1, -0.05) is 30.3 Å². The average molecular weight is 619 g/mol. The zero-order valence-electron chi connectivity index (χ0n) is 20.9. The third-order valence-electron chi connectivity index (χ3n) is 6.38. The van der Waals surface area contributed by atoms with Crippen molar-refractivity contribution in [1.82, 2.24) is 19.5 Å². The first kappa shape index (κ1) is 30.1. The van der Waals surface area contributed by atoms with E-state index in [-0.39, 0.29) is 12.2 Å². The Hall–Kier alpha value is -2.41. The molecule has 4 heterocycles. The van der Waals surface area contributed by atoms with Crippen LogP contribution >= 0.6 is 15.6 Å². The lowest BCUT2D eigenvalue weighted by Crippen LogP contribution is -2.34. The van der Waals surface area contributed by atoms with Crippen molar-refractivity contribution in [3.63, 3.8) is 0 Å². The van der Waals surface area contributed by atoms with Crippen LogP contribution in [-0.4, -0.2) is 99.8 Å². The second-order valence-corrected chi connectivity index (χ2v) is 12.2. The molecule has 2 aliphatic rings. The van der Waals surface area contributed by atoms with E-state index in [0.29, 0.717) is 22.6 Å². The van der Waals surface area contributed by atoms with Crippen LogP contribution in [0.4, 0.5) is 5.82 Å². The van der Waals surface area contributed by atoms with Crippen LogP contribution in [0, 0.1) is 0 Å². The Morgan fingerprint density at radius 2 is 1.61 bits per heavy atom. The van der Waals surface area contributed by atoms with E-state index in [2.05, 4.69) is 23.8 Å². The van der Waals surface area contributed by atoms with Crippen molar-refractivity contribution in [3.8, 4) is 11.4 Å². The number of nitrogens with zero attached hydrogens (tertiary/aromatic N) is 4. The molecule has 2 unspecified atom stereocenters. The zero-order valence-corrected chi connectivity index (χ0v) is 22.7. The summed E-state index contributed by atoms with van der Waals surface area (Å²) in [6, 6.07) is 9.01. The van der Waals surface area contributed by atoms with E-state index < -0.39 is 71.9 Å². The fraction of sp³-hybridized carbons (Fsp3) is 0.476. The molecule has 1 aromatic carbocycles. The summed E-state index contributed by atoms with van der Waals surface area (Å²) in [5.74, 6) is 0.539. The van der Waals surface area contributed by atoms with E-state index in [1.165, 1.54) is 6.33 Å². The maximum Gasteiger partial charge on any atom is 0.481 e. The standard InChI is InChI=1S/C21H27N5O13P2/c22-18-15-20(24-9-23-18)26(19(25-15)10-4-2-1-3-5-10)14-6-11(27)12(37-14)7-35-40(31,32)39-41(33,34)36-8-13-16(28)17(29)21(30)38-13/h1-5,9,11-14,16-17,21,27-30H,6-8H2,(H,31,32)(H,33,34)(H2,22,23,24)/t11-,12+,13+,14+,16+,17+,21+/m0/s1. The molecule has 2 fully saturated rings. The summed E-state index contributed by atoms with van der Waals surface area (Å²) in [5, 5.41) is 39.2. The third kappa shape index (κ3) is 6.50. The van der Waals surface area contributed by atoms with Gasteiger partial charge in [-0.25, -0.2) is 24.1 Å². The van der Waals surface area contributed by atoms with Gasteiger partial charge in [0, 0.05) is 12.0 Å². The van der Waals surface area contributed by atoms with Gasteiger partial charge in [-0.3, -0.25) is 13.6 Å². The molecule has 0 aliphatic carbocycles. The number of rotatable bonds is 10. The SMILES string of the molecule is Nc1ncnc2c1nc(-c1ccccc1)n2[C@H]1C[C@H](O)[C@@H](COP(=O)(O)OP(=O)(O)OC[C@H]2O[C@@H](O)[C@H](O)[C@@H]2O)O1. The molecule has 0 radical (unpaired) electrons. The van der Waals surface area contributed by atoms with Crippen molar-refractivity contribution >= 4 is 32.6 Å². The first-order chi connectivity index (χ1) is 19.3. The van der Waals surface area contributed by atoms with Crippen molar-refractivity contribution in [1.29, 1.82) is 0 Å². The Bertz CT molecular complexity index is 1480. The first-order valence-electron chi connectivity index (χ1n) is 12.1. The maximum atomic E-state index is 12.4. The Labute approximate surface area is 231 Å². The minimum atomic E-state index is -5.27. The van der Waals surface area contributed by atoms with E-state index >= 15 is 0 Å². The summed E-state index contributed by atoms with van der Waals surface area (Å²) in [7, 11) is -10.5. The summed E-state index contributed by atoms with van der Waals surface area (Å²) in [4.78, 5) is 32.6. The summed E-state index contributed by atoms with van der Waals surface area (Å²) in [5.41, 5.74) is 7.30. The minimum Gasteiger partial charge on any atom is -0.390 e. The van der Waals surface area contributed by atoms with Crippen LogP contribution < -0.4 is 5.73 Å². The minimum absolute atomic E-state index is 0.0111. The van der Waals surface area contributed by atoms with Crippen molar-refractivity contribution in [2.24, 2.45) is 0 Å². The molecule has 9 atom stereocenters. The maximum absolute atomic E-state index is 12.4. The zero-order chi connectivity index (χ0) is 29.5. The van der Waals surface area contributed by atoms with Crippen molar-refractivity contribution in [3.05, 3.63) is 36.7 Å². The van der Waals surface area contributed by atoms with Crippen LogP contribution in [0.5, 0.6) is 0 Å². The Morgan fingerprint density at radius 1 is 0.951 bits per heavy atom. The van der Waals surface area contributed by atoms with Gasteiger partial charge in [0.25, 0.3) is 0 Å². The second kappa shape index (κ2) is 11.7. The van der Waals surface area contributed by atoms with Crippen LogP contribution in [0.25, 0.3) is 22.6 Å². The molecule has 20 heteroatoms. The van der Waals surface area contributed by atoms with Gasteiger partial charge in [0.05, 0.1) is 19.3 Å². The van der Waals surface area contributed by atoms with Crippen LogP contribution in [0.2, 0.25) is 0 Å². The first-order valence-corrected chi connectivity index (χ1v) is 15.1. The van der Waals surface area contributed by atoms with Crippen molar-refractivity contribution in [2.75, 3.05) is 18.9 Å². The molecule has 8 N–H and O–H groups in total. The van der Waals surface area contributed by atoms with Gasteiger partial charge in [-0.2, -0.15) is 4.31 Å². The number of aliphatic hydroxyl groups is 4. The highest BCUT2D eigenvalue weighted by molar-refractivity contribution is 7.61. The molecule has 224 valence electrons. The number of hydrogen-bond donors (Lipinski definition) is 7. The summed E-state index contributed by atoms with van der Waals surface area (Å²) in [6.07, 6.45) is -8.58. The fourth-order valence-corrected chi connectivity index (χ4v) is 6.48. The van der Waals surface area contributed by atoms with E-state index in [4.69, 9.17) is 19.7 Å². The highest BCUT2D eigenvalue weighted by Crippen LogP contribution is 2.60. The van der Waals surface area contributed by atoms with E-state index in [9.17, 15) is 39.3 Å². The largest absolute Gasteiger partial charge is 0.481 e. The number of nitrogens with two attached hydrogens (primary N) is 1. The molecule has 2 aromatic heterocycles. The number of aromatic nitrogens is 4. The van der Waals surface area contributed by atoms with Gasteiger partial charge in [-0.05, 0) is 0 Å². The smallest absolute Gasteiger partial charge is 0.390 e. The highest BCUT2D eigenvalue weighted by atomic mass is 31.3. The lowest BCUT2D eigenvalue weighted by Gasteiger charge is -2.21. The number of nitrogen functional groups attached to an aromatic ring is 1. The number of anilines is 1. The van der Waals surface area contributed by atoms with Crippen LogP contribution in [0.3, 0.4) is 0 Å². The van der Waals surface area contributed by atoms with Gasteiger partial charge >= 0.3 is 15.6 Å². The molecule has 0 amide bonds. The Morgan fingerprint density at radius 3 is 2.24 bits per heavy atom. The molecular formula is C21H27N5O13P2. The predicted molar refractivity (Wildman–Crippen MR) is 135 cm³/mol. The van der Waals surface area contributed by atoms with Crippen molar-refractivity contribution in [2.45, 2.75) is 49.5 Å². The van der Waals surface area contributed by atoms with E-state index in [1.54, 1.807) is 28.8 Å². The third-order valence-corrected chi connectivity index (χ3v) is 8.98. The van der Waals surface area contributed by atoms with Gasteiger partial charge in [0.15, 0.2) is 23.3 Å². The lowest BCUT2D eigenvalue weighted by molar-refractivity contribution is -0.132. The van der Waals surface area contributed by atoms with Gasteiger partial charge < -0.3 is 45.4 Å². The van der Waals surface area contributed by atoms with E-state index in [0.717, 1.165) is 0 Å². The molecule has 3 aromatic rings. The molecule has 18 nitrogen and oxygen atoms in total. The molecule has 5 rings (SSSR count). The fourth-order valence-electron chi connectivity index (χ4n) is 4.39. The number of ether oxygens (including phenoxy) is 2. The number of hydrogen-bond acceptors (Lipinski definition) is 15. The molecular weight excluding hydrogens is 592 g/mol. The quantitative estimate of drug-likeness (QED) is 0.140. The average Bonchev–Trinajstić information content (AvgIpc) is 3.56. The van der Waals surface area contributed by atoms with Crippen LogP contribution in [0.15, 0.2) is 36.7 Å². The summed E-state index contributed by atoms with van der Waals surface area (Å²) in [6.45, 7) is -1.62. The van der Waals surface area contributed by atoms with Gasteiger partial charge in [0.2, 0.25) is 0 Å². The Balaban J connectivity index is 1.24. The van der Waals surface area contributed by atoms with Gasteiger partial charge in [-0.15, -0.1) is 0 Å². The van der Waals surface area contributed by atoms with Gasteiger partial charge in [0.1, 0.15) is 42.8 Å². The number of phosphoric acid groups is 2. The Kier molecular flexibility index (Phi) is 8.58. The molecule has 0 saturated carbocycles. The predicted octanol–water partition coefficient (Wildman–Crippen LogP) is -0.587. The number of aliphatic hydroxyl groups excluding tert-OH is 4. The normalized spacial score (nSPS) is 31.3. The highest BCUT2D eigenvalue weighted by Gasteiger charge is 2.45. The van der Waals surface area contributed by atoms with Crippen LogP contribution in [0.1, 0.15) is 12.6 Å². The molecule has 0 spiro atoms. The topological polar surface area (TPSA) is 271 Å². The van der Waals surface area contributed by atoms with E-state index in [1.807, 2.05) is 6.07 Å². The number of phosphoric ester groups is 2. The number of imidazole rings is 1. The molecule has 2 aliphatic heterocycles. The van der Waals surface area contributed by atoms with Crippen molar-refractivity contribution < 1.29 is 62.2 Å². The molecule has 41 heavy (non-hydrogen) atoms. The summed E-state index contributed by atoms with van der Waals surface area (Å²) >= 11 is 0. The van der Waals surface area contributed by atoms with Crippen LogP contribution in [-0.2, 0) is 32.0 Å². The molecule has 0 bridgehead atoms. The molecule has 2 saturated heterocycles. The number of fused-ring (bicyclic) bond motifs is 1. The monoisotopic (exact) mass is 619 g/mol. The second-order valence-electron chi connectivity index (χ2n) is 9.19. The number of benzene rings is 1.